The summed E-state index contributed by atoms with van der Waals surface area (Å²) in [6.45, 7) is 2.25. The lowest BCUT2D eigenvalue weighted by molar-refractivity contribution is 0.375. The van der Waals surface area contributed by atoms with Crippen LogP contribution in [0.3, 0.4) is 0 Å². The van der Waals surface area contributed by atoms with Crippen LogP contribution in [0.5, 0.6) is 5.75 Å². The van der Waals surface area contributed by atoms with Gasteiger partial charge in [0.25, 0.3) is 0 Å². The molecule has 1 aromatic carbocycles. The van der Waals surface area contributed by atoms with Crippen molar-refractivity contribution in [3.8, 4) is 5.75 Å². The van der Waals surface area contributed by atoms with Gasteiger partial charge in [-0.05, 0) is 25.8 Å². The molecule has 2 rings (SSSR count). The van der Waals surface area contributed by atoms with Crippen molar-refractivity contribution in [2.75, 3.05) is 7.11 Å². The Labute approximate surface area is 104 Å². The molecule has 92 valence electrons. The van der Waals surface area contributed by atoms with E-state index in [4.69, 9.17) is 4.74 Å². The molecule has 0 saturated carbocycles. The van der Waals surface area contributed by atoms with Crippen molar-refractivity contribution in [2.24, 2.45) is 0 Å². The van der Waals surface area contributed by atoms with E-state index < -0.39 is 0 Å². The van der Waals surface area contributed by atoms with Gasteiger partial charge in [-0.3, -0.25) is 0 Å². The monoisotopic (exact) mass is 231 g/mol. The summed E-state index contributed by atoms with van der Waals surface area (Å²) >= 11 is 0. The van der Waals surface area contributed by atoms with Crippen molar-refractivity contribution < 1.29 is 4.74 Å². The number of piperidine rings is 1. The smallest absolute Gasteiger partial charge is 0.126 e. The Kier molecular flexibility index (Phi) is 4.21. The average molecular weight is 231 g/mol. The first-order valence-electron chi connectivity index (χ1n) is 6.37. The number of benzene rings is 1. The highest BCUT2D eigenvalue weighted by Gasteiger charge is 2.14. The third kappa shape index (κ3) is 3.34. The minimum atomic E-state index is 0.503. The zero-order valence-corrected chi connectivity index (χ0v) is 10.6. The van der Waals surface area contributed by atoms with E-state index in [-0.39, 0.29) is 0 Å². The molecule has 0 amide bonds. The summed E-state index contributed by atoms with van der Waals surface area (Å²) in [4.78, 5) is 0. The van der Waals surface area contributed by atoms with E-state index in [0.29, 0.717) is 12.1 Å². The minimum absolute atomic E-state index is 0.503. The van der Waals surface area contributed by atoms with Gasteiger partial charge in [0.2, 0.25) is 0 Å². The largest absolute Gasteiger partial charge is 0.496 e. The fraction of sp³-hybridized carbons (Fsp3) is 0.467. The molecule has 0 aliphatic carbocycles. The third-order valence-corrected chi connectivity index (χ3v) is 3.30. The Bertz CT molecular complexity index is 386. The number of methoxy groups -OCH3 is 1. The number of nitrogens with one attached hydrogen (secondary N) is 1. The van der Waals surface area contributed by atoms with Gasteiger partial charge in [0.15, 0.2) is 0 Å². The van der Waals surface area contributed by atoms with Crippen LogP contribution >= 0.6 is 0 Å². The second kappa shape index (κ2) is 5.87. The molecule has 0 radical (unpaired) electrons. The normalized spacial score (nSPS) is 25.1. The zero-order chi connectivity index (χ0) is 12.1. The molecule has 1 aliphatic rings. The molecule has 0 spiro atoms. The van der Waals surface area contributed by atoms with Crippen LogP contribution in [0.2, 0.25) is 0 Å². The fourth-order valence-electron chi connectivity index (χ4n) is 2.35. The summed E-state index contributed by atoms with van der Waals surface area (Å²) in [5.74, 6) is 0.938. The molecule has 2 atom stereocenters. The highest BCUT2D eigenvalue weighted by Crippen LogP contribution is 2.20. The number of para-hydroxylation sites is 1. The van der Waals surface area contributed by atoms with Gasteiger partial charge in [-0.25, -0.2) is 0 Å². The summed E-state index contributed by atoms with van der Waals surface area (Å²) in [5, 5.41) is 3.60. The molecular weight excluding hydrogens is 210 g/mol. The number of ether oxygens (including phenoxy) is 1. The molecular formula is C15H21NO. The lowest BCUT2D eigenvalue weighted by Crippen LogP contribution is -2.39. The summed E-state index contributed by atoms with van der Waals surface area (Å²) in [5.41, 5.74) is 1.15. The Hall–Kier alpha value is -1.28. The van der Waals surface area contributed by atoms with Crippen molar-refractivity contribution in [1.29, 1.82) is 0 Å². The first-order valence-corrected chi connectivity index (χ1v) is 6.37. The van der Waals surface area contributed by atoms with Crippen LogP contribution in [-0.2, 0) is 0 Å². The molecule has 2 heteroatoms. The first kappa shape index (κ1) is 12.2. The maximum atomic E-state index is 5.33. The van der Waals surface area contributed by atoms with Crippen molar-refractivity contribution in [3.63, 3.8) is 0 Å². The van der Waals surface area contributed by atoms with Crippen molar-refractivity contribution in [3.05, 3.63) is 35.9 Å². The van der Waals surface area contributed by atoms with Crippen molar-refractivity contribution in [1.82, 2.24) is 5.32 Å². The highest BCUT2D eigenvalue weighted by atomic mass is 16.5. The molecule has 0 bridgehead atoms. The topological polar surface area (TPSA) is 21.3 Å². The molecule has 1 N–H and O–H groups in total. The molecule has 1 aliphatic heterocycles. The highest BCUT2D eigenvalue weighted by molar-refractivity contribution is 5.57. The van der Waals surface area contributed by atoms with Gasteiger partial charge in [0.05, 0.1) is 7.11 Å². The molecule has 2 nitrogen and oxygen atoms in total. The molecule has 1 aromatic rings. The van der Waals surface area contributed by atoms with Crippen molar-refractivity contribution in [2.45, 2.75) is 38.3 Å². The molecule has 2 unspecified atom stereocenters. The predicted octanol–water partition coefficient (Wildman–Crippen LogP) is 3.24. The maximum absolute atomic E-state index is 5.33. The summed E-state index contributed by atoms with van der Waals surface area (Å²) in [6.07, 6.45) is 8.26. The van der Waals surface area contributed by atoms with Gasteiger partial charge < -0.3 is 10.1 Å². The predicted molar refractivity (Wildman–Crippen MR) is 72.3 cm³/mol. The van der Waals surface area contributed by atoms with Gasteiger partial charge in [-0.2, -0.15) is 0 Å². The van der Waals surface area contributed by atoms with Crippen molar-refractivity contribution >= 4 is 6.08 Å². The Morgan fingerprint density at radius 3 is 2.88 bits per heavy atom. The SMILES string of the molecule is COc1ccccc1/C=C/C1CCCC(C)N1. The van der Waals surface area contributed by atoms with Gasteiger partial charge >= 0.3 is 0 Å². The Morgan fingerprint density at radius 1 is 1.29 bits per heavy atom. The second-order valence-corrected chi connectivity index (χ2v) is 4.71. The molecule has 17 heavy (non-hydrogen) atoms. The zero-order valence-electron chi connectivity index (χ0n) is 10.6. The van der Waals surface area contributed by atoms with E-state index >= 15 is 0 Å². The maximum Gasteiger partial charge on any atom is 0.126 e. The van der Waals surface area contributed by atoms with E-state index in [1.807, 2.05) is 18.2 Å². The molecule has 1 heterocycles. The van der Waals surface area contributed by atoms with E-state index in [9.17, 15) is 0 Å². The van der Waals surface area contributed by atoms with Gasteiger partial charge in [-0.1, -0.05) is 36.8 Å². The average Bonchev–Trinajstić information content (AvgIpc) is 2.37. The second-order valence-electron chi connectivity index (χ2n) is 4.71. The van der Waals surface area contributed by atoms with Crippen LogP contribution in [0.25, 0.3) is 6.08 Å². The van der Waals surface area contributed by atoms with Crippen LogP contribution in [0.15, 0.2) is 30.3 Å². The van der Waals surface area contributed by atoms with E-state index in [2.05, 4.69) is 30.5 Å². The molecule has 0 aromatic heterocycles. The summed E-state index contributed by atoms with van der Waals surface area (Å²) in [6, 6.07) is 9.26. The summed E-state index contributed by atoms with van der Waals surface area (Å²) < 4.78 is 5.33. The Balaban J connectivity index is 2.04. The van der Waals surface area contributed by atoms with Crippen LogP contribution in [0, 0.1) is 0 Å². The minimum Gasteiger partial charge on any atom is -0.496 e. The lowest BCUT2D eigenvalue weighted by Gasteiger charge is -2.26. The van der Waals surface area contributed by atoms with Gasteiger partial charge in [0, 0.05) is 17.6 Å². The molecule has 1 saturated heterocycles. The van der Waals surface area contributed by atoms with Crippen LogP contribution in [-0.4, -0.2) is 19.2 Å². The third-order valence-electron chi connectivity index (χ3n) is 3.30. The van der Waals surface area contributed by atoms with Crippen LogP contribution in [0.4, 0.5) is 0 Å². The van der Waals surface area contributed by atoms with E-state index in [1.54, 1.807) is 7.11 Å². The lowest BCUT2D eigenvalue weighted by atomic mass is 9.99. The van der Waals surface area contributed by atoms with Crippen LogP contribution in [0.1, 0.15) is 31.7 Å². The number of rotatable bonds is 3. The molecule has 1 fully saturated rings. The van der Waals surface area contributed by atoms with Gasteiger partial charge in [0.1, 0.15) is 5.75 Å². The summed E-state index contributed by atoms with van der Waals surface area (Å²) in [7, 11) is 1.72. The first-order chi connectivity index (χ1) is 8.29. The standard InChI is InChI=1S/C15H21NO/c1-12-6-5-8-14(16-12)11-10-13-7-3-4-9-15(13)17-2/h3-4,7,9-12,14,16H,5-6,8H2,1-2H3/b11-10+. The Morgan fingerprint density at radius 2 is 2.12 bits per heavy atom. The quantitative estimate of drug-likeness (QED) is 0.862. The fourth-order valence-corrected chi connectivity index (χ4v) is 2.35. The van der Waals surface area contributed by atoms with E-state index in [0.717, 1.165) is 11.3 Å². The van der Waals surface area contributed by atoms with Gasteiger partial charge in [-0.15, -0.1) is 0 Å². The van der Waals surface area contributed by atoms with Crippen LogP contribution < -0.4 is 10.1 Å². The number of hydrogen-bond donors (Lipinski definition) is 1. The van der Waals surface area contributed by atoms with E-state index in [1.165, 1.54) is 19.3 Å². The number of hydrogen-bond acceptors (Lipinski definition) is 2.